The maximum absolute atomic E-state index is 12.8. The van der Waals surface area contributed by atoms with E-state index in [0.717, 1.165) is 128 Å². The van der Waals surface area contributed by atoms with Gasteiger partial charge in [0.25, 0.3) is 7.82 Å². The predicted octanol–water partition coefficient (Wildman–Crippen LogP) is 21.2. The van der Waals surface area contributed by atoms with Crippen molar-refractivity contribution in [2.45, 2.75) is 264 Å². The summed E-state index contributed by atoms with van der Waals surface area (Å²) >= 11 is 0. The molecular formula is C74H124NO8P. The van der Waals surface area contributed by atoms with Gasteiger partial charge in [0.05, 0.1) is 27.7 Å². The predicted molar refractivity (Wildman–Crippen MR) is 360 cm³/mol. The molecular weight excluding hydrogens is 1060 g/mol. The summed E-state index contributed by atoms with van der Waals surface area (Å²) in [4.78, 5) is 38.0. The minimum Gasteiger partial charge on any atom is -0.756 e. The number of rotatable bonds is 60. The Morgan fingerprint density at radius 2 is 0.679 bits per heavy atom. The number of nitrogens with zero attached hydrogens (tertiary/aromatic N) is 1. The molecule has 0 spiro atoms. The lowest BCUT2D eigenvalue weighted by Crippen LogP contribution is -2.37. The fraction of sp³-hybridized carbons (Fsp3) is 0.649. The number of ether oxygens (including phenoxy) is 2. The fourth-order valence-corrected chi connectivity index (χ4v) is 9.44. The van der Waals surface area contributed by atoms with E-state index in [1.54, 1.807) is 0 Å². The second-order valence-electron chi connectivity index (χ2n) is 23.1. The largest absolute Gasteiger partial charge is 0.756 e. The molecule has 0 aliphatic carbocycles. The summed E-state index contributed by atoms with van der Waals surface area (Å²) < 4.78 is 34.2. The number of hydrogen-bond donors (Lipinski definition) is 0. The van der Waals surface area contributed by atoms with Gasteiger partial charge in [0, 0.05) is 12.8 Å². The van der Waals surface area contributed by atoms with E-state index in [0.29, 0.717) is 17.4 Å². The number of unbranched alkanes of at least 4 members (excludes halogenated alkanes) is 22. The van der Waals surface area contributed by atoms with Crippen molar-refractivity contribution in [2.75, 3.05) is 47.5 Å². The Morgan fingerprint density at radius 1 is 0.381 bits per heavy atom. The molecule has 0 bridgehead atoms. The number of carbonyl (C=O) groups excluding carboxylic acids is 2. The lowest BCUT2D eigenvalue weighted by molar-refractivity contribution is -0.870. The molecule has 0 aromatic carbocycles. The molecule has 0 radical (unpaired) electrons. The second-order valence-corrected chi connectivity index (χ2v) is 24.5. The van der Waals surface area contributed by atoms with E-state index in [-0.39, 0.29) is 26.1 Å². The third kappa shape index (κ3) is 67.0. The summed E-state index contributed by atoms with van der Waals surface area (Å²) in [5.74, 6) is -0.864. The minimum atomic E-state index is -4.66. The van der Waals surface area contributed by atoms with E-state index in [2.05, 4.69) is 160 Å². The quantitative estimate of drug-likeness (QED) is 0.0195. The first-order chi connectivity index (χ1) is 41.0. The monoisotopic (exact) mass is 1190 g/mol. The third-order valence-electron chi connectivity index (χ3n) is 13.8. The van der Waals surface area contributed by atoms with E-state index in [4.69, 9.17) is 18.5 Å². The molecule has 10 heteroatoms. The van der Waals surface area contributed by atoms with Gasteiger partial charge in [0.1, 0.15) is 19.8 Å². The molecule has 2 atom stereocenters. The lowest BCUT2D eigenvalue weighted by Gasteiger charge is -2.28. The van der Waals surface area contributed by atoms with Gasteiger partial charge in [0.15, 0.2) is 6.10 Å². The van der Waals surface area contributed by atoms with Crippen LogP contribution >= 0.6 is 7.82 Å². The van der Waals surface area contributed by atoms with Crippen molar-refractivity contribution in [3.05, 3.63) is 146 Å². The SMILES string of the molecule is CC/C=C\C/C=C\C/C=C\C/C=C\C/C=C\C/C=C\C/C=C\C/C=C\C/C=C\CCCCCCCC(=O)OC(COC(=O)CCCCCCCCCCCCCC/C=C\C/C=C\C/C=C\CCCCCCC)COP(=O)([O-])OCC[N+](C)(C)C. The number of esters is 2. The Labute approximate surface area is 516 Å². The maximum Gasteiger partial charge on any atom is 0.306 e. The number of allylic oxidation sites excluding steroid dienone is 24. The van der Waals surface area contributed by atoms with E-state index < -0.39 is 32.5 Å². The third-order valence-corrected chi connectivity index (χ3v) is 14.8. The van der Waals surface area contributed by atoms with E-state index in [1.807, 2.05) is 21.1 Å². The molecule has 0 aromatic heterocycles. The number of quaternary nitrogens is 1. The van der Waals surface area contributed by atoms with Crippen LogP contribution in [0.5, 0.6) is 0 Å². The summed E-state index contributed by atoms with van der Waals surface area (Å²) in [5.41, 5.74) is 0. The van der Waals surface area contributed by atoms with E-state index >= 15 is 0 Å². The topological polar surface area (TPSA) is 111 Å². The zero-order valence-corrected chi connectivity index (χ0v) is 55.2. The first-order valence-electron chi connectivity index (χ1n) is 33.5. The van der Waals surface area contributed by atoms with Crippen LogP contribution in [0.4, 0.5) is 0 Å². The van der Waals surface area contributed by atoms with Gasteiger partial charge in [-0.3, -0.25) is 14.2 Å². The number of phosphoric ester groups is 1. The fourth-order valence-electron chi connectivity index (χ4n) is 8.71. The number of phosphoric acid groups is 1. The van der Waals surface area contributed by atoms with Gasteiger partial charge < -0.3 is 27.9 Å². The highest BCUT2D eigenvalue weighted by Crippen LogP contribution is 2.38. The van der Waals surface area contributed by atoms with Gasteiger partial charge >= 0.3 is 11.9 Å². The Bertz CT molecular complexity index is 1930. The molecule has 0 saturated carbocycles. The van der Waals surface area contributed by atoms with Crippen molar-refractivity contribution in [1.29, 1.82) is 0 Å². The highest BCUT2D eigenvalue weighted by atomic mass is 31.2. The van der Waals surface area contributed by atoms with Crippen molar-refractivity contribution in [3.63, 3.8) is 0 Å². The molecule has 0 amide bonds. The van der Waals surface area contributed by atoms with Crippen LogP contribution in [0.2, 0.25) is 0 Å². The first-order valence-corrected chi connectivity index (χ1v) is 35.0. The van der Waals surface area contributed by atoms with Gasteiger partial charge in [0.2, 0.25) is 0 Å². The van der Waals surface area contributed by atoms with E-state index in [9.17, 15) is 19.0 Å². The Hall–Kier alpha value is -4.11. The zero-order valence-electron chi connectivity index (χ0n) is 54.3. The second kappa shape index (κ2) is 63.4. The van der Waals surface area contributed by atoms with Gasteiger partial charge in [-0.15, -0.1) is 0 Å². The van der Waals surface area contributed by atoms with Crippen LogP contribution < -0.4 is 4.89 Å². The van der Waals surface area contributed by atoms with Crippen LogP contribution in [0.1, 0.15) is 258 Å². The van der Waals surface area contributed by atoms with Crippen LogP contribution in [0.15, 0.2) is 146 Å². The first kappa shape index (κ1) is 79.9. The van der Waals surface area contributed by atoms with Crippen molar-refractivity contribution < 1.29 is 42.1 Å². The van der Waals surface area contributed by atoms with Gasteiger partial charge in [-0.1, -0.05) is 269 Å². The van der Waals surface area contributed by atoms with Crippen molar-refractivity contribution in [3.8, 4) is 0 Å². The summed E-state index contributed by atoms with van der Waals surface area (Å²) in [6, 6.07) is 0. The Morgan fingerprint density at radius 3 is 1.01 bits per heavy atom. The zero-order chi connectivity index (χ0) is 61.2. The Balaban J connectivity index is 4.20. The molecule has 0 saturated heterocycles. The molecule has 478 valence electrons. The van der Waals surface area contributed by atoms with Gasteiger partial charge in [-0.25, -0.2) is 0 Å². The normalized spacial score (nSPS) is 14.1. The van der Waals surface area contributed by atoms with E-state index in [1.165, 1.54) is 96.3 Å². The molecule has 0 fully saturated rings. The van der Waals surface area contributed by atoms with Crippen molar-refractivity contribution >= 4 is 19.8 Å². The molecule has 0 aliphatic heterocycles. The lowest BCUT2D eigenvalue weighted by atomic mass is 10.0. The van der Waals surface area contributed by atoms with Crippen molar-refractivity contribution in [1.82, 2.24) is 0 Å². The maximum atomic E-state index is 12.8. The number of likely N-dealkylation sites (N-methyl/N-ethyl adjacent to an activating group) is 1. The standard InChI is InChI=1S/C74H124NO8P/c1-6-8-10-12-14-16-18-20-22-24-26-28-30-32-34-35-36-37-38-39-41-43-45-47-49-51-53-55-57-59-61-63-65-67-74(77)83-72(71-82-84(78,79)81-69-68-75(3,4)5)70-80-73(76)66-64-62-60-58-56-54-52-50-48-46-44-42-40-33-31-29-27-25-23-21-19-17-15-13-11-9-7-2/h8,10,14,16,19-22,25-28,31-34,36-37,39,41,45,47,51,53,72H,6-7,9,11-13,15,17-18,23-24,29-30,35,38,40,42-44,46,48-50,52,54-71H2,1-5H3/b10-8-,16-14-,21-19-,22-20-,27-25-,28-26-,33-31-,34-32-,37-36-,41-39-,47-45-,53-51-. The summed E-state index contributed by atoms with van der Waals surface area (Å²) in [5, 5.41) is 0. The van der Waals surface area contributed by atoms with Crippen LogP contribution in [0.3, 0.4) is 0 Å². The average Bonchev–Trinajstić information content (AvgIpc) is 3.61. The van der Waals surface area contributed by atoms with Crippen LogP contribution in [0.25, 0.3) is 0 Å². The number of carbonyl (C=O) groups is 2. The summed E-state index contributed by atoms with van der Waals surface area (Å²) in [7, 11) is 1.13. The van der Waals surface area contributed by atoms with Gasteiger partial charge in [-0.2, -0.15) is 0 Å². The minimum absolute atomic E-state index is 0.0430. The van der Waals surface area contributed by atoms with Crippen molar-refractivity contribution in [2.24, 2.45) is 0 Å². The number of hydrogen-bond acceptors (Lipinski definition) is 8. The average molecular weight is 1190 g/mol. The smallest absolute Gasteiger partial charge is 0.306 e. The van der Waals surface area contributed by atoms with Crippen LogP contribution in [-0.4, -0.2) is 70.0 Å². The molecule has 2 unspecified atom stereocenters. The highest BCUT2D eigenvalue weighted by molar-refractivity contribution is 7.45. The molecule has 0 N–H and O–H groups in total. The molecule has 9 nitrogen and oxygen atoms in total. The molecule has 0 heterocycles. The van der Waals surface area contributed by atoms with Crippen LogP contribution in [0, 0.1) is 0 Å². The van der Waals surface area contributed by atoms with Crippen LogP contribution in [-0.2, 0) is 32.7 Å². The summed E-state index contributed by atoms with van der Waals surface area (Å²) in [6.45, 7) is 4.08. The molecule has 0 aromatic rings. The highest BCUT2D eigenvalue weighted by Gasteiger charge is 2.22. The molecule has 84 heavy (non-hydrogen) atoms. The summed E-state index contributed by atoms with van der Waals surface area (Å²) in [6.07, 6.45) is 93.3. The Kier molecular flexibility index (Phi) is 60.3. The van der Waals surface area contributed by atoms with Gasteiger partial charge in [-0.05, 0) is 122 Å². The molecule has 0 aliphatic rings. The molecule has 0 rings (SSSR count).